The SMILES string of the molecule is CC(C)c1ccc(S(=O)(=O)Nc2cccc(CCc3ccc(C(=O)O)cc3)c2)cc1.O=C(O)c1ccc(CCc2cccc(NS(=O)(=O)c3cc(C(F)(F)F)cc(C(F)(F)F)c3)c2)cc1. The lowest BCUT2D eigenvalue weighted by Gasteiger charge is -2.15. The van der Waals surface area contributed by atoms with Gasteiger partial charge in [-0.1, -0.05) is 74.5 Å². The molecule has 6 aromatic rings. The Morgan fingerprint density at radius 2 is 0.862 bits per heavy atom. The molecule has 0 unspecified atom stereocenters. The summed E-state index contributed by atoms with van der Waals surface area (Å²) < 4.78 is 134. The van der Waals surface area contributed by atoms with Crippen molar-refractivity contribution in [1.82, 2.24) is 0 Å². The number of carboxylic acid groups (broad SMARTS) is 2. The Morgan fingerprint density at radius 3 is 1.22 bits per heavy atom. The molecule has 0 bridgehead atoms. The van der Waals surface area contributed by atoms with Gasteiger partial charge in [0.2, 0.25) is 0 Å². The highest BCUT2D eigenvalue weighted by Gasteiger charge is 2.38. The number of hydrogen-bond acceptors (Lipinski definition) is 6. The zero-order chi connectivity index (χ0) is 47.7. The Balaban J connectivity index is 0.000000247. The first-order chi connectivity index (χ1) is 30.4. The van der Waals surface area contributed by atoms with Gasteiger partial charge in [0.15, 0.2) is 0 Å². The predicted octanol–water partition coefficient (Wildman–Crippen LogP) is 11.1. The number of aromatic carboxylic acids is 2. The lowest BCUT2D eigenvalue weighted by atomic mass is 10.0. The number of benzene rings is 6. The molecule has 0 amide bonds. The highest BCUT2D eigenvalue weighted by molar-refractivity contribution is 7.93. The third-order valence-corrected chi connectivity index (χ3v) is 12.7. The van der Waals surface area contributed by atoms with Crippen molar-refractivity contribution in [1.29, 1.82) is 0 Å². The largest absolute Gasteiger partial charge is 0.478 e. The minimum absolute atomic E-state index is 0.0466. The number of alkyl halides is 6. The first-order valence-electron chi connectivity index (χ1n) is 19.7. The van der Waals surface area contributed by atoms with Crippen LogP contribution in [-0.2, 0) is 58.1 Å². The van der Waals surface area contributed by atoms with Crippen LogP contribution in [0.5, 0.6) is 0 Å². The van der Waals surface area contributed by atoms with E-state index in [1.807, 2.05) is 35.1 Å². The zero-order valence-electron chi connectivity index (χ0n) is 34.6. The molecular formula is C47H42F6N2O8S2. The second-order valence-electron chi connectivity index (χ2n) is 15.1. The van der Waals surface area contributed by atoms with Crippen LogP contribution in [0.25, 0.3) is 0 Å². The molecule has 0 saturated heterocycles. The van der Waals surface area contributed by atoms with Crippen LogP contribution in [0, 0.1) is 0 Å². The fourth-order valence-electron chi connectivity index (χ4n) is 6.33. The van der Waals surface area contributed by atoms with Gasteiger partial charge in [-0.05, 0) is 138 Å². The normalized spacial score (nSPS) is 12.0. The number of anilines is 2. The monoisotopic (exact) mass is 940 g/mol. The molecule has 0 aromatic heterocycles. The second-order valence-corrected chi connectivity index (χ2v) is 18.4. The van der Waals surface area contributed by atoms with Crippen LogP contribution in [0.3, 0.4) is 0 Å². The molecule has 4 N–H and O–H groups in total. The average Bonchev–Trinajstić information content (AvgIpc) is 3.24. The third-order valence-electron chi connectivity index (χ3n) is 9.89. The van der Waals surface area contributed by atoms with Crippen molar-refractivity contribution in [2.75, 3.05) is 9.44 Å². The van der Waals surface area contributed by atoms with Gasteiger partial charge in [0.1, 0.15) is 0 Å². The van der Waals surface area contributed by atoms with E-state index in [4.69, 9.17) is 10.2 Å². The van der Waals surface area contributed by atoms with E-state index in [-0.39, 0.29) is 39.9 Å². The van der Waals surface area contributed by atoms with Gasteiger partial charge in [-0.3, -0.25) is 9.44 Å². The molecule has 0 saturated carbocycles. The van der Waals surface area contributed by atoms with E-state index in [9.17, 15) is 52.8 Å². The first kappa shape index (κ1) is 49.4. The number of carbonyl (C=O) groups is 2. The lowest BCUT2D eigenvalue weighted by molar-refractivity contribution is -0.143. The molecule has 0 spiro atoms. The summed E-state index contributed by atoms with van der Waals surface area (Å²) in [5.41, 5.74) is 1.92. The quantitative estimate of drug-likeness (QED) is 0.0738. The van der Waals surface area contributed by atoms with E-state index in [0.717, 1.165) is 28.7 Å². The van der Waals surface area contributed by atoms with E-state index in [1.165, 1.54) is 30.3 Å². The molecule has 0 aliphatic heterocycles. The number of nitrogens with one attached hydrogen (secondary N) is 2. The summed E-state index contributed by atoms with van der Waals surface area (Å²) in [4.78, 5) is 20.9. The van der Waals surface area contributed by atoms with Crippen molar-refractivity contribution in [3.05, 3.63) is 190 Å². The summed E-state index contributed by atoms with van der Waals surface area (Å²) in [5, 5.41) is 17.9. The highest BCUT2D eigenvalue weighted by Crippen LogP contribution is 2.37. The van der Waals surface area contributed by atoms with Gasteiger partial charge in [-0.2, -0.15) is 26.3 Å². The molecule has 0 fully saturated rings. The van der Waals surface area contributed by atoms with Crippen molar-refractivity contribution in [3.63, 3.8) is 0 Å². The second kappa shape index (κ2) is 20.5. The van der Waals surface area contributed by atoms with Crippen LogP contribution in [0.15, 0.2) is 149 Å². The van der Waals surface area contributed by atoms with Crippen molar-refractivity contribution in [2.45, 2.75) is 67.6 Å². The minimum atomic E-state index is -5.19. The number of halogens is 6. The van der Waals surface area contributed by atoms with E-state index >= 15 is 0 Å². The molecule has 18 heteroatoms. The van der Waals surface area contributed by atoms with Crippen molar-refractivity contribution in [2.24, 2.45) is 0 Å². The Labute approximate surface area is 371 Å². The zero-order valence-corrected chi connectivity index (χ0v) is 36.2. The van der Waals surface area contributed by atoms with Gasteiger partial charge in [0, 0.05) is 11.4 Å². The average molecular weight is 941 g/mol. The fraction of sp³-hybridized carbons (Fsp3) is 0.191. The molecule has 6 aromatic carbocycles. The highest BCUT2D eigenvalue weighted by atomic mass is 32.2. The minimum Gasteiger partial charge on any atom is -0.478 e. The van der Waals surface area contributed by atoms with Crippen LogP contribution in [-0.4, -0.2) is 39.0 Å². The van der Waals surface area contributed by atoms with E-state index in [2.05, 4.69) is 18.6 Å². The standard InChI is InChI=1S/C24H25NO4S.C23H17F6NO4S/c1-17(2)20-12-14-23(15-13-20)30(28,29)25-22-5-3-4-19(16-22)7-6-18-8-10-21(11-9-18)24(26)27;24-22(25,26)17-11-18(23(27,28)29)13-20(12-17)35(33,34)30-19-3-1-2-15(10-19)5-4-14-6-8-16(9-7-14)21(31)32/h3-5,8-17,25H,6-7H2,1-2H3,(H,26,27);1-3,6-13,30H,4-5H2,(H,31,32). The molecule has 0 atom stereocenters. The molecular weight excluding hydrogens is 899 g/mol. The van der Waals surface area contributed by atoms with E-state index in [1.54, 1.807) is 60.7 Å². The smallest absolute Gasteiger partial charge is 0.416 e. The first-order valence-corrected chi connectivity index (χ1v) is 22.6. The summed E-state index contributed by atoms with van der Waals surface area (Å²) in [6.45, 7) is 4.13. The van der Waals surface area contributed by atoms with Gasteiger partial charge in [0.25, 0.3) is 20.0 Å². The summed E-state index contributed by atoms with van der Waals surface area (Å²) >= 11 is 0. The predicted molar refractivity (Wildman–Crippen MR) is 233 cm³/mol. The van der Waals surface area contributed by atoms with Gasteiger partial charge in [-0.25, -0.2) is 26.4 Å². The third kappa shape index (κ3) is 14.2. The van der Waals surface area contributed by atoms with Crippen molar-refractivity contribution in [3.8, 4) is 0 Å². The Hall–Kier alpha value is -6.66. The molecule has 0 radical (unpaired) electrons. The summed E-state index contributed by atoms with van der Waals surface area (Å²) in [5.74, 6) is -1.67. The Bertz CT molecular complexity index is 2820. The molecule has 0 aliphatic carbocycles. The van der Waals surface area contributed by atoms with E-state index < -0.39 is 60.4 Å². The van der Waals surface area contributed by atoms with Gasteiger partial charge >= 0.3 is 24.3 Å². The van der Waals surface area contributed by atoms with Crippen LogP contribution in [0.4, 0.5) is 37.7 Å². The number of carboxylic acids is 2. The maximum absolute atomic E-state index is 13.1. The maximum atomic E-state index is 13.1. The molecule has 342 valence electrons. The van der Waals surface area contributed by atoms with Crippen LogP contribution < -0.4 is 9.44 Å². The van der Waals surface area contributed by atoms with Gasteiger partial charge in [-0.15, -0.1) is 0 Å². The summed E-state index contributed by atoms with van der Waals surface area (Å²) in [7, 11) is -8.44. The number of sulfonamides is 2. The van der Waals surface area contributed by atoms with Gasteiger partial charge in [0.05, 0.1) is 32.0 Å². The summed E-state index contributed by atoms with van der Waals surface area (Å²) in [6.07, 6.45) is -8.05. The number of rotatable bonds is 15. The molecule has 65 heavy (non-hydrogen) atoms. The van der Waals surface area contributed by atoms with Gasteiger partial charge < -0.3 is 10.2 Å². The fourth-order valence-corrected chi connectivity index (χ4v) is 8.50. The van der Waals surface area contributed by atoms with Crippen molar-refractivity contribution >= 4 is 43.4 Å². The molecule has 6 rings (SSSR count). The number of aryl methyl sites for hydroxylation is 4. The summed E-state index contributed by atoms with van der Waals surface area (Å²) in [6, 6.07) is 33.1. The van der Waals surface area contributed by atoms with E-state index in [0.29, 0.717) is 36.4 Å². The lowest BCUT2D eigenvalue weighted by Crippen LogP contribution is -2.17. The van der Waals surface area contributed by atoms with Crippen LogP contribution in [0.2, 0.25) is 0 Å². The van der Waals surface area contributed by atoms with Crippen LogP contribution in [0.1, 0.15) is 79.4 Å². The molecule has 0 aliphatic rings. The Kier molecular flexibility index (Phi) is 15.5. The Morgan fingerprint density at radius 1 is 0.492 bits per heavy atom. The maximum Gasteiger partial charge on any atom is 0.416 e. The van der Waals surface area contributed by atoms with Crippen LogP contribution >= 0.6 is 0 Å². The number of hydrogen-bond donors (Lipinski definition) is 4. The topological polar surface area (TPSA) is 167 Å². The molecule has 10 nitrogen and oxygen atoms in total. The molecule has 0 heterocycles. The van der Waals surface area contributed by atoms with Crippen molar-refractivity contribution < 1.29 is 63.0 Å².